The summed E-state index contributed by atoms with van der Waals surface area (Å²) in [6, 6.07) is 0.650. The second-order valence-corrected chi connectivity index (χ2v) is 6.61. The Labute approximate surface area is 157 Å². The van der Waals surface area contributed by atoms with E-state index in [1.807, 2.05) is 20.8 Å². The highest BCUT2D eigenvalue weighted by molar-refractivity contribution is 7.71. The summed E-state index contributed by atoms with van der Waals surface area (Å²) < 4.78 is 44.3. The summed E-state index contributed by atoms with van der Waals surface area (Å²) in [4.78, 5) is 19.1. The second kappa shape index (κ2) is 6.91. The van der Waals surface area contributed by atoms with Gasteiger partial charge in [-0.2, -0.15) is 18.3 Å². The van der Waals surface area contributed by atoms with E-state index in [0.717, 1.165) is 6.07 Å². The molecule has 10 heteroatoms. The number of aryl methyl sites for hydroxylation is 1. The third-order valence-corrected chi connectivity index (χ3v) is 4.78. The maximum atomic E-state index is 13.7. The Hall–Kier alpha value is -2.49. The zero-order chi connectivity index (χ0) is 19.9. The van der Waals surface area contributed by atoms with Crippen molar-refractivity contribution in [1.29, 1.82) is 0 Å². The number of fused-ring (bicyclic) bond motifs is 1. The van der Waals surface area contributed by atoms with Gasteiger partial charge in [0.1, 0.15) is 5.65 Å². The van der Waals surface area contributed by atoms with E-state index in [4.69, 9.17) is 12.2 Å². The molecule has 0 aliphatic heterocycles. The van der Waals surface area contributed by atoms with Gasteiger partial charge in [0.05, 0.1) is 22.8 Å². The number of nitrogens with one attached hydrogen (secondary N) is 1. The van der Waals surface area contributed by atoms with Crippen molar-refractivity contribution in [3.05, 3.63) is 39.1 Å². The van der Waals surface area contributed by atoms with E-state index in [2.05, 4.69) is 15.1 Å². The van der Waals surface area contributed by atoms with Gasteiger partial charge in [0.15, 0.2) is 4.77 Å². The van der Waals surface area contributed by atoms with Gasteiger partial charge in [-0.3, -0.25) is 19.0 Å². The monoisotopic (exact) mass is 397 g/mol. The molecule has 6 nitrogen and oxygen atoms in total. The lowest BCUT2D eigenvalue weighted by Gasteiger charge is -2.19. The van der Waals surface area contributed by atoms with E-state index in [9.17, 15) is 18.0 Å². The van der Waals surface area contributed by atoms with E-state index in [1.165, 1.54) is 10.8 Å². The van der Waals surface area contributed by atoms with Gasteiger partial charge in [0, 0.05) is 24.3 Å². The summed E-state index contributed by atoms with van der Waals surface area (Å²) in [7, 11) is 0. The van der Waals surface area contributed by atoms with Crippen LogP contribution in [0.1, 0.15) is 38.8 Å². The summed E-state index contributed by atoms with van der Waals surface area (Å²) in [6.45, 7) is 6.13. The van der Waals surface area contributed by atoms with Gasteiger partial charge in [-0.1, -0.05) is 6.92 Å². The molecule has 1 N–H and O–H groups in total. The Morgan fingerprint density at radius 1 is 1.33 bits per heavy atom. The SMILES string of the molecule is CC[C@H](C)n1c(=S)[nH]c(=O)c2c(C(F)(F)F)cc(-c3cnn(CC)c3)nc21. The minimum absolute atomic E-state index is 0.0453. The highest BCUT2D eigenvalue weighted by atomic mass is 32.1. The Balaban J connectivity index is 2.47. The molecule has 0 spiro atoms. The minimum atomic E-state index is -4.72. The van der Waals surface area contributed by atoms with Crippen LogP contribution in [-0.2, 0) is 12.7 Å². The lowest BCUT2D eigenvalue weighted by molar-refractivity contribution is -0.136. The van der Waals surface area contributed by atoms with E-state index in [1.54, 1.807) is 10.9 Å². The molecule has 3 aromatic heterocycles. The van der Waals surface area contributed by atoms with Crippen LogP contribution in [0.5, 0.6) is 0 Å². The van der Waals surface area contributed by atoms with Crippen molar-refractivity contribution in [2.45, 2.75) is 46.0 Å². The molecule has 144 valence electrons. The Bertz CT molecular complexity index is 1110. The van der Waals surface area contributed by atoms with Crippen LogP contribution in [0.25, 0.3) is 22.3 Å². The van der Waals surface area contributed by atoms with Crippen LogP contribution in [-0.4, -0.2) is 24.3 Å². The van der Waals surface area contributed by atoms with E-state index < -0.39 is 22.7 Å². The van der Waals surface area contributed by atoms with E-state index in [-0.39, 0.29) is 22.2 Å². The Morgan fingerprint density at radius 2 is 2.04 bits per heavy atom. The zero-order valence-electron chi connectivity index (χ0n) is 15.0. The summed E-state index contributed by atoms with van der Waals surface area (Å²) in [5, 5.41) is 3.58. The minimum Gasteiger partial charge on any atom is -0.300 e. The number of pyridine rings is 1. The summed E-state index contributed by atoms with van der Waals surface area (Å²) in [5.41, 5.74) is -1.49. The molecular formula is C17H18F3N5OS. The summed E-state index contributed by atoms with van der Waals surface area (Å²) >= 11 is 5.20. The predicted octanol–water partition coefficient (Wildman–Crippen LogP) is 4.33. The first-order valence-electron chi connectivity index (χ1n) is 8.46. The summed E-state index contributed by atoms with van der Waals surface area (Å²) in [6.07, 6.45) is -1.05. The number of hydrogen-bond donors (Lipinski definition) is 1. The average Bonchev–Trinajstić information content (AvgIpc) is 3.08. The number of H-pyrrole nitrogens is 1. The lowest BCUT2D eigenvalue weighted by atomic mass is 10.1. The number of alkyl halides is 3. The second-order valence-electron chi connectivity index (χ2n) is 6.22. The van der Waals surface area contributed by atoms with Crippen molar-refractivity contribution >= 4 is 23.3 Å². The fourth-order valence-corrected chi connectivity index (χ4v) is 3.24. The predicted molar refractivity (Wildman–Crippen MR) is 98.1 cm³/mol. The van der Waals surface area contributed by atoms with Crippen LogP contribution in [0.3, 0.4) is 0 Å². The van der Waals surface area contributed by atoms with E-state index >= 15 is 0 Å². The molecule has 0 saturated heterocycles. The molecule has 0 amide bonds. The van der Waals surface area contributed by atoms with Gasteiger partial charge in [-0.15, -0.1) is 0 Å². The van der Waals surface area contributed by atoms with Gasteiger partial charge < -0.3 is 0 Å². The molecule has 0 radical (unpaired) electrons. The largest absolute Gasteiger partial charge is 0.417 e. The van der Waals surface area contributed by atoms with Crippen molar-refractivity contribution in [3.63, 3.8) is 0 Å². The molecule has 3 heterocycles. The molecule has 0 bridgehead atoms. The number of nitrogens with zero attached hydrogens (tertiary/aromatic N) is 4. The van der Waals surface area contributed by atoms with Crippen LogP contribution in [0.15, 0.2) is 23.3 Å². The first kappa shape index (κ1) is 19.3. The van der Waals surface area contributed by atoms with Crippen LogP contribution in [0, 0.1) is 4.77 Å². The third kappa shape index (κ3) is 3.41. The Kier molecular flexibility index (Phi) is 4.94. The first-order valence-corrected chi connectivity index (χ1v) is 8.87. The molecule has 0 aliphatic rings. The highest BCUT2D eigenvalue weighted by Gasteiger charge is 2.36. The van der Waals surface area contributed by atoms with Crippen molar-refractivity contribution in [2.75, 3.05) is 0 Å². The molecule has 0 fully saturated rings. The van der Waals surface area contributed by atoms with E-state index in [0.29, 0.717) is 18.5 Å². The first-order chi connectivity index (χ1) is 12.7. The lowest BCUT2D eigenvalue weighted by Crippen LogP contribution is -2.22. The highest BCUT2D eigenvalue weighted by Crippen LogP contribution is 2.36. The maximum absolute atomic E-state index is 13.7. The normalized spacial score (nSPS) is 13.3. The third-order valence-electron chi connectivity index (χ3n) is 4.48. The molecule has 0 aliphatic carbocycles. The van der Waals surface area contributed by atoms with Crippen molar-refractivity contribution in [1.82, 2.24) is 24.3 Å². The van der Waals surface area contributed by atoms with Gasteiger partial charge in [-0.25, -0.2) is 4.98 Å². The number of hydrogen-bond acceptors (Lipinski definition) is 4. The van der Waals surface area contributed by atoms with Crippen molar-refractivity contribution < 1.29 is 13.2 Å². The summed E-state index contributed by atoms with van der Waals surface area (Å²) in [5.74, 6) is 0. The van der Waals surface area contributed by atoms with Gasteiger partial charge in [-0.05, 0) is 38.6 Å². The molecule has 0 aromatic carbocycles. The van der Waals surface area contributed by atoms with Gasteiger partial charge in [0.25, 0.3) is 5.56 Å². The number of aromatic nitrogens is 5. The number of aromatic amines is 1. The Morgan fingerprint density at radius 3 is 2.59 bits per heavy atom. The molecule has 1 atom stereocenters. The standard InChI is InChI=1S/C17H18F3N5OS/c1-4-9(3)25-14-13(15(26)23-16(25)27)11(17(18,19)20)6-12(22-14)10-7-21-24(5-2)8-10/h6-9H,4-5H2,1-3H3,(H,23,26,27)/t9-/m0/s1. The van der Waals surface area contributed by atoms with Crippen LogP contribution < -0.4 is 5.56 Å². The van der Waals surface area contributed by atoms with Crippen LogP contribution >= 0.6 is 12.2 Å². The topological polar surface area (TPSA) is 68.5 Å². The number of rotatable bonds is 4. The quantitative estimate of drug-likeness (QED) is 0.666. The molecule has 27 heavy (non-hydrogen) atoms. The fourth-order valence-electron chi connectivity index (χ4n) is 2.88. The molecule has 0 unspecified atom stereocenters. The van der Waals surface area contributed by atoms with Crippen molar-refractivity contribution in [3.8, 4) is 11.3 Å². The van der Waals surface area contributed by atoms with Crippen molar-refractivity contribution in [2.24, 2.45) is 0 Å². The fraction of sp³-hybridized carbons (Fsp3) is 0.412. The molecule has 3 aromatic rings. The smallest absolute Gasteiger partial charge is 0.300 e. The molecule has 3 rings (SSSR count). The van der Waals surface area contributed by atoms with Crippen LogP contribution in [0.4, 0.5) is 13.2 Å². The van der Waals surface area contributed by atoms with Gasteiger partial charge in [0.2, 0.25) is 0 Å². The number of halogens is 3. The maximum Gasteiger partial charge on any atom is 0.417 e. The molecular weight excluding hydrogens is 379 g/mol. The zero-order valence-corrected chi connectivity index (χ0v) is 15.8. The van der Waals surface area contributed by atoms with Gasteiger partial charge >= 0.3 is 6.18 Å². The molecule has 0 saturated carbocycles. The van der Waals surface area contributed by atoms with Crippen LogP contribution in [0.2, 0.25) is 0 Å². The average molecular weight is 397 g/mol.